The van der Waals surface area contributed by atoms with Gasteiger partial charge in [-0.05, 0) is 32.7 Å². The summed E-state index contributed by atoms with van der Waals surface area (Å²) in [4.78, 5) is 0. The van der Waals surface area contributed by atoms with Crippen LogP contribution in [0.25, 0.3) is 0 Å². The zero-order valence-electron chi connectivity index (χ0n) is 8.57. The van der Waals surface area contributed by atoms with Gasteiger partial charge in [0.15, 0.2) is 0 Å². The van der Waals surface area contributed by atoms with Crippen LogP contribution in [0.2, 0.25) is 0 Å². The van der Waals surface area contributed by atoms with Gasteiger partial charge >= 0.3 is 0 Å². The van der Waals surface area contributed by atoms with Crippen LogP contribution in [-0.4, -0.2) is 44.2 Å². The average Bonchev–Trinajstić information content (AvgIpc) is 3.01. The van der Waals surface area contributed by atoms with Gasteiger partial charge in [-0.15, -0.1) is 0 Å². The molecule has 0 aromatic carbocycles. The number of nitrogens with zero attached hydrogens (tertiary/aromatic N) is 1. The maximum absolute atomic E-state index is 11.9. The Kier molecular flexibility index (Phi) is 2.81. The van der Waals surface area contributed by atoms with Gasteiger partial charge in [0, 0.05) is 19.1 Å². The molecule has 2 fully saturated rings. The fourth-order valence-electron chi connectivity index (χ4n) is 1.99. The van der Waals surface area contributed by atoms with Crippen LogP contribution in [0, 0.1) is 0 Å². The molecule has 5 heteroatoms. The summed E-state index contributed by atoms with van der Waals surface area (Å²) < 4.78 is 25.5. The van der Waals surface area contributed by atoms with Crippen molar-refractivity contribution in [2.75, 3.05) is 20.1 Å². The van der Waals surface area contributed by atoms with Crippen molar-refractivity contribution in [1.82, 2.24) is 9.62 Å². The van der Waals surface area contributed by atoms with Crippen molar-refractivity contribution < 1.29 is 8.42 Å². The second-order valence-corrected chi connectivity index (χ2v) is 6.44. The molecular formula is C9H18N2O2S. The van der Waals surface area contributed by atoms with E-state index in [1.165, 1.54) is 0 Å². The molecule has 0 aromatic heterocycles. The first-order chi connectivity index (χ1) is 6.64. The van der Waals surface area contributed by atoms with E-state index in [1.807, 2.05) is 7.05 Å². The minimum absolute atomic E-state index is 0.0573. The van der Waals surface area contributed by atoms with Crippen LogP contribution in [0.15, 0.2) is 0 Å². The second kappa shape index (κ2) is 3.79. The summed E-state index contributed by atoms with van der Waals surface area (Å²) in [6.45, 7) is 1.38. The van der Waals surface area contributed by atoms with Gasteiger partial charge in [0.1, 0.15) is 0 Å². The van der Waals surface area contributed by atoms with Gasteiger partial charge in [-0.2, -0.15) is 0 Å². The summed E-state index contributed by atoms with van der Waals surface area (Å²) in [5.41, 5.74) is 0. The van der Waals surface area contributed by atoms with E-state index < -0.39 is 10.0 Å². The number of sulfonamides is 1. The van der Waals surface area contributed by atoms with Crippen molar-refractivity contribution in [2.24, 2.45) is 0 Å². The van der Waals surface area contributed by atoms with Crippen LogP contribution in [0.3, 0.4) is 0 Å². The SMILES string of the molecule is CN[C@@H]1CCCN(S(=O)(=O)C2CC2)C1. The third-order valence-electron chi connectivity index (χ3n) is 3.10. The summed E-state index contributed by atoms with van der Waals surface area (Å²) in [6.07, 6.45) is 3.80. The fraction of sp³-hybridized carbons (Fsp3) is 1.00. The van der Waals surface area contributed by atoms with E-state index >= 15 is 0 Å². The molecule has 1 N–H and O–H groups in total. The number of hydrogen-bond donors (Lipinski definition) is 1. The van der Waals surface area contributed by atoms with Crippen molar-refractivity contribution in [3.8, 4) is 0 Å². The molecule has 2 rings (SSSR count). The predicted octanol–water partition coefficient (Wildman–Crippen LogP) is 0.162. The van der Waals surface area contributed by atoms with Crippen LogP contribution in [0.4, 0.5) is 0 Å². The molecule has 1 saturated heterocycles. The van der Waals surface area contributed by atoms with Gasteiger partial charge < -0.3 is 5.32 Å². The van der Waals surface area contributed by atoms with Gasteiger partial charge in [0.2, 0.25) is 10.0 Å². The fourth-order valence-corrected chi connectivity index (χ4v) is 3.91. The maximum atomic E-state index is 11.9. The number of likely N-dealkylation sites (N-methyl/N-ethyl adjacent to an activating group) is 1. The molecule has 0 unspecified atom stereocenters. The zero-order chi connectivity index (χ0) is 10.2. The van der Waals surface area contributed by atoms with Crippen LogP contribution >= 0.6 is 0 Å². The van der Waals surface area contributed by atoms with Gasteiger partial charge in [-0.3, -0.25) is 0 Å². The Balaban J connectivity index is 2.03. The molecule has 0 amide bonds. The minimum Gasteiger partial charge on any atom is -0.316 e. The number of nitrogens with one attached hydrogen (secondary N) is 1. The van der Waals surface area contributed by atoms with Crippen LogP contribution in [-0.2, 0) is 10.0 Å². The van der Waals surface area contributed by atoms with Gasteiger partial charge in [0.25, 0.3) is 0 Å². The normalized spacial score (nSPS) is 30.5. The van der Waals surface area contributed by atoms with Crippen LogP contribution in [0.5, 0.6) is 0 Å². The number of hydrogen-bond acceptors (Lipinski definition) is 3. The molecule has 0 radical (unpaired) electrons. The van der Waals surface area contributed by atoms with E-state index in [1.54, 1.807) is 4.31 Å². The van der Waals surface area contributed by atoms with E-state index in [9.17, 15) is 8.42 Å². The molecule has 1 aliphatic heterocycles. The summed E-state index contributed by atoms with van der Waals surface area (Å²) in [5.74, 6) is 0. The van der Waals surface area contributed by atoms with E-state index in [0.717, 1.165) is 32.2 Å². The van der Waals surface area contributed by atoms with E-state index in [0.29, 0.717) is 12.6 Å². The van der Waals surface area contributed by atoms with Crippen LogP contribution < -0.4 is 5.32 Å². The van der Waals surface area contributed by atoms with Crippen molar-refractivity contribution in [1.29, 1.82) is 0 Å². The van der Waals surface area contributed by atoms with Gasteiger partial charge in [-0.25, -0.2) is 12.7 Å². The molecule has 1 atom stereocenters. The Hall–Kier alpha value is -0.130. The predicted molar refractivity (Wildman–Crippen MR) is 55.6 cm³/mol. The third kappa shape index (κ3) is 1.94. The molecule has 1 saturated carbocycles. The largest absolute Gasteiger partial charge is 0.316 e. The number of piperidine rings is 1. The topological polar surface area (TPSA) is 49.4 Å². The highest BCUT2D eigenvalue weighted by Gasteiger charge is 2.41. The first-order valence-corrected chi connectivity index (χ1v) is 6.81. The Morgan fingerprint density at radius 3 is 2.57 bits per heavy atom. The third-order valence-corrected chi connectivity index (χ3v) is 5.46. The second-order valence-electron chi connectivity index (χ2n) is 4.23. The summed E-state index contributed by atoms with van der Waals surface area (Å²) >= 11 is 0. The minimum atomic E-state index is -2.94. The van der Waals surface area contributed by atoms with Crippen molar-refractivity contribution in [3.63, 3.8) is 0 Å². The van der Waals surface area contributed by atoms with Crippen molar-refractivity contribution >= 4 is 10.0 Å². The summed E-state index contributed by atoms with van der Waals surface area (Å²) in [5, 5.41) is 3.10. The summed E-state index contributed by atoms with van der Waals surface area (Å²) in [6, 6.07) is 0.345. The molecule has 4 nitrogen and oxygen atoms in total. The van der Waals surface area contributed by atoms with Crippen molar-refractivity contribution in [3.05, 3.63) is 0 Å². The first kappa shape index (κ1) is 10.4. The van der Waals surface area contributed by atoms with E-state index in [4.69, 9.17) is 0 Å². The summed E-state index contributed by atoms with van der Waals surface area (Å²) in [7, 11) is -1.04. The lowest BCUT2D eigenvalue weighted by molar-refractivity contribution is 0.292. The highest BCUT2D eigenvalue weighted by molar-refractivity contribution is 7.90. The lowest BCUT2D eigenvalue weighted by atomic mass is 10.1. The molecule has 0 aromatic rings. The lowest BCUT2D eigenvalue weighted by Gasteiger charge is -2.31. The zero-order valence-corrected chi connectivity index (χ0v) is 9.39. The highest BCUT2D eigenvalue weighted by atomic mass is 32.2. The molecule has 1 heterocycles. The maximum Gasteiger partial charge on any atom is 0.217 e. The standard InChI is InChI=1S/C9H18N2O2S/c1-10-8-3-2-6-11(7-8)14(12,13)9-4-5-9/h8-10H,2-7H2,1H3/t8-/m1/s1. The molecule has 0 spiro atoms. The average molecular weight is 218 g/mol. The van der Waals surface area contributed by atoms with Crippen molar-refractivity contribution in [2.45, 2.75) is 37.0 Å². The number of rotatable bonds is 3. The first-order valence-electron chi connectivity index (χ1n) is 5.31. The molecule has 82 valence electrons. The molecule has 1 aliphatic carbocycles. The quantitative estimate of drug-likeness (QED) is 0.734. The monoisotopic (exact) mass is 218 g/mol. The van der Waals surface area contributed by atoms with E-state index in [2.05, 4.69) is 5.32 Å². The Morgan fingerprint density at radius 2 is 2.00 bits per heavy atom. The highest BCUT2D eigenvalue weighted by Crippen LogP contribution is 2.32. The smallest absolute Gasteiger partial charge is 0.217 e. The Morgan fingerprint density at radius 1 is 1.29 bits per heavy atom. The van der Waals surface area contributed by atoms with E-state index in [-0.39, 0.29) is 5.25 Å². The molecule has 14 heavy (non-hydrogen) atoms. The molecule has 0 bridgehead atoms. The molecular weight excluding hydrogens is 200 g/mol. The van der Waals surface area contributed by atoms with Gasteiger partial charge in [-0.1, -0.05) is 0 Å². The van der Waals surface area contributed by atoms with Crippen LogP contribution in [0.1, 0.15) is 25.7 Å². The van der Waals surface area contributed by atoms with Gasteiger partial charge in [0.05, 0.1) is 5.25 Å². The Labute approximate surface area is 85.7 Å². The Bertz CT molecular complexity index is 298. The molecule has 2 aliphatic rings. The lowest BCUT2D eigenvalue weighted by Crippen LogP contribution is -2.47.